The van der Waals surface area contributed by atoms with Gasteiger partial charge in [-0.1, -0.05) is 19.4 Å². The zero-order valence-electron chi connectivity index (χ0n) is 17.0. The van der Waals surface area contributed by atoms with Gasteiger partial charge in [-0.15, -0.1) is 0 Å². The molecule has 4 atom stereocenters. The minimum absolute atomic E-state index is 0.0955. The van der Waals surface area contributed by atoms with E-state index in [9.17, 15) is 9.59 Å². The Hall–Kier alpha value is -2.50. The normalized spacial score (nSPS) is 28.5. The lowest BCUT2D eigenvalue weighted by atomic mass is 9.71. The van der Waals surface area contributed by atoms with E-state index in [-0.39, 0.29) is 35.8 Å². The van der Waals surface area contributed by atoms with Crippen LogP contribution >= 0.6 is 0 Å². The van der Waals surface area contributed by atoms with Crippen molar-refractivity contribution < 1.29 is 28.5 Å². The number of ketones is 1. The van der Waals surface area contributed by atoms with Gasteiger partial charge in [0.15, 0.2) is 17.3 Å². The molecule has 1 aliphatic carbocycles. The molecule has 6 heteroatoms. The van der Waals surface area contributed by atoms with Crippen molar-refractivity contribution in [3.8, 4) is 11.5 Å². The standard InChI is InChI=1S/C23H28O6/c1-3-5-16-10-17-21(12-20(16)29-14(2)24)28-13-18(23(17)25)15-6-7-19-22(11-15)27-9-4-8-26-19/h6-7,11,13,16-17,20-21H,3-5,8-10,12H2,1-2H3. The van der Waals surface area contributed by atoms with Crippen molar-refractivity contribution in [2.24, 2.45) is 11.8 Å². The van der Waals surface area contributed by atoms with Crippen LogP contribution in [-0.4, -0.2) is 37.2 Å². The number of ether oxygens (including phenoxy) is 4. The quantitative estimate of drug-likeness (QED) is 0.714. The van der Waals surface area contributed by atoms with E-state index in [1.807, 2.05) is 18.2 Å². The lowest BCUT2D eigenvalue weighted by molar-refractivity contribution is -0.157. The molecule has 2 aliphatic heterocycles. The van der Waals surface area contributed by atoms with Crippen LogP contribution in [0.2, 0.25) is 0 Å². The number of hydrogen-bond donors (Lipinski definition) is 0. The number of carbonyl (C=O) groups is 2. The molecule has 1 fully saturated rings. The molecule has 4 rings (SSSR count). The topological polar surface area (TPSA) is 71.1 Å². The molecule has 29 heavy (non-hydrogen) atoms. The van der Waals surface area contributed by atoms with Crippen molar-refractivity contribution in [2.75, 3.05) is 13.2 Å². The third kappa shape index (κ3) is 4.11. The first-order chi connectivity index (χ1) is 14.1. The van der Waals surface area contributed by atoms with E-state index in [1.54, 1.807) is 6.26 Å². The van der Waals surface area contributed by atoms with Gasteiger partial charge in [0, 0.05) is 19.8 Å². The maximum Gasteiger partial charge on any atom is 0.302 e. The van der Waals surface area contributed by atoms with Crippen LogP contribution in [0.1, 0.15) is 51.5 Å². The van der Waals surface area contributed by atoms with Crippen molar-refractivity contribution >= 4 is 17.3 Å². The Bertz CT molecular complexity index is 814. The fourth-order valence-electron chi connectivity index (χ4n) is 4.63. The summed E-state index contributed by atoms with van der Waals surface area (Å²) in [6.45, 7) is 4.77. The van der Waals surface area contributed by atoms with Crippen LogP contribution in [0.4, 0.5) is 0 Å². The molecule has 0 N–H and O–H groups in total. The molecule has 0 amide bonds. The number of allylic oxidation sites excluding steroid dienone is 1. The number of hydrogen-bond acceptors (Lipinski definition) is 6. The van der Waals surface area contributed by atoms with Crippen molar-refractivity contribution in [1.29, 1.82) is 0 Å². The number of esters is 1. The zero-order valence-corrected chi connectivity index (χ0v) is 17.0. The Morgan fingerprint density at radius 2 is 1.97 bits per heavy atom. The van der Waals surface area contributed by atoms with Gasteiger partial charge in [0.05, 0.1) is 31.0 Å². The largest absolute Gasteiger partial charge is 0.496 e. The van der Waals surface area contributed by atoms with Gasteiger partial charge in [-0.3, -0.25) is 9.59 Å². The van der Waals surface area contributed by atoms with Gasteiger partial charge in [-0.25, -0.2) is 0 Å². The Balaban J connectivity index is 1.57. The van der Waals surface area contributed by atoms with Crippen LogP contribution in [0, 0.1) is 11.8 Å². The van der Waals surface area contributed by atoms with E-state index in [2.05, 4.69) is 6.92 Å². The van der Waals surface area contributed by atoms with Crippen molar-refractivity contribution in [1.82, 2.24) is 0 Å². The molecule has 1 saturated carbocycles. The third-order valence-electron chi connectivity index (χ3n) is 5.99. The van der Waals surface area contributed by atoms with Gasteiger partial charge in [-0.05, 0) is 36.5 Å². The van der Waals surface area contributed by atoms with Gasteiger partial charge in [0.2, 0.25) is 0 Å². The molecule has 1 aromatic carbocycles. The van der Waals surface area contributed by atoms with Crippen LogP contribution in [0.25, 0.3) is 5.57 Å². The molecule has 0 saturated heterocycles. The molecule has 0 bridgehead atoms. The number of carbonyl (C=O) groups excluding carboxylic acids is 2. The lowest BCUT2D eigenvalue weighted by Crippen LogP contribution is -2.46. The van der Waals surface area contributed by atoms with E-state index in [4.69, 9.17) is 18.9 Å². The second-order valence-electron chi connectivity index (χ2n) is 8.06. The molecule has 3 aliphatic rings. The molecule has 0 spiro atoms. The highest BCUT2D eigenvalue weighted by atomic mass is 16.5. The maximum absolute atomic E-state index is 13.3. The zero-order chi connectivity index (χ0) is 20.4. The van der Waals surface area contributed by atoms with Crippen LogP contribution in [0.3, 0.4) is 0 Å². The molecule has 4 unspecified atom stereocenters. The van der Waals surface area contributed by atoms with Gasteiger partial charge >= 0.3 is 5.97 Å². The summed E-state index contributed by atoms with van der Waals surface area (Å²) >= 11 is 0. The third-order valence-corrected chi connectivity index (χ3v) is 5.99. The summed E-state index contributed by atoms with van der Waals surface area (Å²) in [5, 5.41) is 0. The van der Waals surface area contributed by atoms with Crippen molar-refractivity contribution in [2.45, 2.75) is 58.2 Å². The molecule has 6 nitrogen and oxygen atoms in total. The molecule has 1 aromatic rings. The second-order valence-corrected chi connectivity index (χ2v) is 8.06. The highest BCUT2D eigenvalue weighted by Crippen LogP contribution is 2.42. The number of rotatable bonds is 4. The monoisotopic (exact) mass is 400 g/mol. The predicted octanol–water partition coefficient (Wildman–Crippen LogP) is 3.91. The average Bonchev–Trinajstić information content (AvgIpc) is 2.94. The number of benzene rings is 1. The summed E-state index contributed by atoms with van der Waals surface area (Å²) in [5.41, 5.74) is 1.36. The Morgan fingerprint density at radius 1 is 1.17 bits per heavy atom. The molecular weight excluding hydrogens is 372 g/mol. The van der Waals surface area contributed by atoms with Gasteiger partial charge in [0.25, 0.3) is 0 Å². The number of Topliss-reactive ketones (excluding diaryl/α,β-unsaturated/α-hetero) is 1. The van der Waals surface area contributed by atoms with Crippen LogP contribution in [0.5, 0.6) is 11.5 Å². The summed E-state index contributed by atoms with van der Waals surface area (Å²) in [7, 11) is 0. The van der Waals surface area contributed by atoms with Gasteiger partial charge in [-0.2, -0.15) is 0 Å². The number of fused-ring (bicyclic) bond motifs is 2. The second kappa shape index (κ2) is 8.47. The summed E-state index contributed by atoms with van der Waals surface area (Å²) in [4.78, 5) is 24.8. The molecule has 0 aromatic heterocycles. The Labute approximate surface area is 171 Å². The van der Waals surface area contributed by atoms with Crippen LogP contribution < -0.4 is 9.47 Å². The average molecular weight is 400 g/mol. The fourth-order valence-corrected chi connectivity index (χ4v) is 4.63. The molecule has 2 heterocycles. The summed E-state index contributed by atoms with van der Waals surface area (Å²) < 4.78 is 23.0. The van der Waals surface area contributed by atoms with Gasteiger partial charge < -0.3 is 18.9 Å². The van der Waals surface area contributed by atoms with E-state index in [0.29, 0.717) is 43.1 Å². The van der Waals surface area contributed by atoms with Crippen molar-refractivity contribution in [3.63, 3.8) is 0 Å². The van der Waals surface area contributed by atoms with Crippen molar-refractivity contribution in [3.05, 3.63) is 30.0 Å². The first kappa shape index (κ1) is 19.8. The molecule has 0 radical (unpaired) electrons. The highest BCUT2D eigenvalue weighted by molar-refractivity contribution is 6.22. The highest BCUT2D eigenvalue weighted by Gasteiger charge is 2.45. The minimum atomic E-state index is -0.278. The molecule has 156 valence electrons. The smallest absolute Gasteiger partial charge is 0.302 e. The summed E-state index contributed by atoms with van der Waals surface area (Å²) in [5.74, 6) is 1.16. The minimum Gasteiger partial charge on any atom is -0.496 e. The maximum atomic E-state index is 13.3. The van der Waals surface area contributed by atoms with E-state index >= 15 is 0 Å². The Morgan fingerprint density at radius 3 is 2.72 bits per heavy atom. The summed E-state index contributed by atoms with van der Waals surface area (Å²) in [6.07, 6.45) is 5.12. The predicted molar refractivity (Wildman–Crippen MR) is 107 cm³/mol. The SMILES string of the molecule is CCCC1CC2C(=O)C(c3ccc4c(c3)OCCCO4)=COC2CC1OC(C)=O. The van der Waals surface area contributed by atoms with Gasteiger partial charge in [0.1, 0.15) is 12.2 Å². The van der Waals surface area contributed by atoms with Crippen LogP contribution in [0.15, 0.2) is 24.5 Å². The fraction of sp³-hybridized carbons (Fsp3) is 0.565. The van der Waals surface area contributed by atoms with E-state index in [0.717, 1.165) is 24.8 Å². The lowest BCUT2D eigenvalue weighted by Gasteiger charge is -2.41. The summed E-state index contributed by atoms with van der Waals surface area (Å²) in [6, 6.07) is 5.60. The Kier molecular flexibility index (Phi) is 5.79. The first-order valence-electron chi connectivity index (χ1n) is 10.5. The van der Waals surface area contributed by atoms with E-state index in [1.165, 1.54) is 6.92 Å². The molecular formula is C23H28O6. The first-order valence-corrected chi connectivity index (χ1v) is 10.5. The van der Waals surface area contributed by atoms with Crippen LogP contribution in [-0.2, 0) is 19.1 Å². The van der Waals surface area contributed by atoms with E-state index < -0.39 is 0 Å².